The number of hydrogen-bond donors (Lipinski definition) is 1. The van der Waals surface area contributed by atoms with Crippen molar-refractivity contribution in [2.45, 2.75) is 19.5 Å². The lowest BCUT2D eigenvalue weighted by Crippen LogP contribution is -2.42. The van der Waals surface area contributed by atoms with E-state index in [1.54, 1.807) is 29.1 Å². The number of aromatic nitrogens is 5. The lowest BCUT2D eigenvalue weighted by molar-refractivity contribution is -0.164. The Hall–Kier alpha value is -4.15. The monoisotopic (exact) mass is 456 g/mol. The minimum atomic E-state index is -3.98. The van der Waals surface area contributed by atoms with Gasteiger partial charge in [0.05, 0.1) is 31.0 Å². The number of benzene rings is 2. The molecule has 11 heteroatoms. The van der Waals surface area contributed by atoms with Gasteiger partial charge < -0.3 is 14.6 Å². The first-order chi connectivity index (χ1) is 15.8. The number of ether oxygens (including phenoxy) is 1. The minimum absolute atomic E-state index is 0.132. The highest BCUT2D eigenvalue weighted by Gasteiger charge is 2.42. The second-order valence-corrected chi connectivity index (χ2v) is 7.21. The van der Waals surface area contributed by atoms with Crippen LogP contribution in [0.2, 0.25) is 0 Å². The molecule has 0 atom stereocenters. The van der Waals surface area contributed by atoms with E-state index in [4.69, 9.17) is 4.74 Å². The normalized spacial score (nSPS) is 11.4. The molecule has 4 aromatic rings. The van der Waals surface area contributed by atoms with Crippen LogP contribution in [0.1, 0.15) is 11.3 Å². The third kappa shape index (κ3) is 4.56. The first-order valence-electron chi connectivity index (χ1n) is 9.80. The van der Waals surface area contributed by atoms with Crippen molar-refractivity contribution < 1.29 is 22.7 Å². The summed E-state index contributed by atoms with van der Waals surface area (Å²) >= 11 is 0. The number of imidazole rings is 1. The predicted molar refractivity (Wildman–Crippen MR) is 112 cm³/mol. The largest absolute Gasteiger partial charge is 0.495 e. The van der Waals surface area contributed by atoms with Crippen molar-refractivity contribution in [1.82, 2.24) is 29.9 Å². The molecule has 1 amide bonds. The van der Waals surface area contributed by atoms with Crippen molar-refractivity contribution in [3.63, 3.8) is 0 Å². The van der Waals surface area contributed by atoms with Crippen LogP contribution in [0.25, 0.3) is 16.9 Å². The van der Waals surface area contributed by atoms with Gasteiger partial charge in [-0.25, -0.2) is 9.37 Å². The Kier molecular flexibility index (Phi) is 5.86. The van der Waals surface area contributed by atoms with Crippen LogP contribution in [0.5, 0.6) is 5.75 Å². The Labute approximate surface area is 186 Å². The summed E-state index contributed by atoms with van der Waals surface area (Å²) in [5.74, 6) is -1.55. The van der Waals surface area contributed by atoms with Crippen molar-refractivity contribution in [2.24, 2.45) is 0 Å². The molecule has 0 unspecified atom stereocenters. The molecule has 0 spiro atoms. The van der Waals surface area contributed by atoms with Gasteiger partial charge in [0.15, 0.2) is 0 Å². The standard InChI is InChI=1S/C22H19F3N6O2/c1-14-11-30(13-27-14)19-8-5-16(9-20(19)33-2)18-12-31(29-28-18)22(24,25)21(32)26-10-15-3-6-17(23)7-4-15/h3-9,11-13H,10H2,1-2H3,(H,26,32). The van der Waals surface area contributed by atoms with Crippen LogP contribution >= 0.6 is 0 Å². The Bertz CT molecular complexity index is 1280. The molecule has 0 aliphatic heterocycles. The second-order valence-electron chi connectivity index (χ2n) is 7.21. The fraction of sp³-hybridized carbons (Fsp3) is 0.182. The molecule has 4 rings (SSSR count). The average Bonchev–Trinajstić information content (AvgIpc) is 3.48. The summed E-state index contributed by atoms with van der Waals surface area (Å²) < 4.78 is 49.6. The van der Waals surface area contributed by atoms with E-state index in [2.05, 4.69) is 20.6 Å². The molecule has 8 nitrogen and oxygen atoms in total. The molecule has 2 heterocycles. The van der Waals surface area contributed by atoms with Crippen molar-refractivity contribution in [3.8, 4) is 22.7 Å². The molecular formula is C22H19F3N6O2. The van der Waals surface area contributed by atoms with E-state index >= 15 is 0 Å². The highest BCUT2D eigenvalue weighted by molar-refractivity contribution is 5.81. The van der Waals surface area contributed by atoms with E-state index in [9.17, 15) is 18.0 Å². The molecule has 170 valence electrons. The van der Waals surface area contributed by atoms with Gasteiger partial charge in [0, 0.05) is 18.3 Å². The first kappa shape index (κ1) is 22.1. The highest BCUT2D eigenvalue weighted by Crippen LogP contribution is 2.30. The van der Waals surface area contributed by atoms with Crippen LogP contribution < -0.4 is 10.1 Å². The lowest BCUT2D eigenvalue weighted by Gasteiger charge is -2.15. The van der Waals surface area contributed by atoms with Crippen LogP contribution in [0, 0.1) is 12.7 Å². The maximum Gasteiger partial charge on any atom is 0.423 e. The van der Waals surface area contributed by atoms with Gasteiger partial charge in [0.25, 0.3) is 0 Å². The van der Waals surface area contributed by atoms with E-state index in [1.807, 2.05) is 13.1 Å². The number of amides is 1. The Balaban J connectivity index is 1.52. The number of nitrogens with one attached hydrogen (secondary N) is 1. The molecule has 0 radical (unpaired) electrons. The number of carbonyl (C=O) groups is 1. The predicted octanol–water partition coefficient (Wildman–Crippen LogP) is 3.45. The summed E-state index contributed by atoms with van der Waals surface area (Å²) in [6.45, 7) is 1.66. The summed E-state index contributed by atoms with van der Waals surface area (Å²) in [7, 11) is 1.49. The van der Waals surface area contributed by atoms with Crippen LogP contribution in [0.15, 0.2) is 61.2 Å². The quantitative estimate of drug-likeness (QED) is 0.460. The van der Waals surface area contributed by atoms with Crippen LogP contribution in [-0.2, 0) is 17.4 Å². The Morgan fingerprint density at radius 1 is 1.15 bits per heavy atom. The molecule has 0 saturated carbocycles. The zero-order chi connectivity index (χ0) is 23.6. The van der Waals surface area contributed by atoms with Crippen molar-refractivity contribution in [1.29, 1.82) is 0 Å². The SMILES string of the molecule is COc1cc(-c2cn(C(F)(F)C(=O)NCc3ccc(F)cc3)nn2)ccc1-n1cnc(C)c1. The summed E-state index contributed by atoms with van der Waals surface area (Å²) in [5, 5.41) is 9.35. The van der Waals surface area contributed by atoms with Crippen LogP contribution in [0.3, 0.4) is 0 Å². The molecule has 0 fully saturated rings. The van der Waals surface area contributed by atoms with Crippen LogP contribution in [-0.4, -0.2) is 37.6 Å². The topological polar surface area (TPSA) is 86.9 Å². The molecule has 2 aromatic carbocycles. The number of alkyl halides is 2. The second kappa shape index (κ2) is 8.77. The molecule has 33 heavy (non-hydrogen) atoms. The zero-order valence-electron chi connectivity index (χ0n) is 17.7. The fourth-order valence-electron chi connectivity index (χ4n) is 3.13. The Morgan fingerprint density at radius 2 is 1.91 bits per heavy atom. The molecule has 0 saturated heterocycles. The van der Waals surface area contributed by atoms with Crippen molar-refractivity contribution in [2.75, 3.05) is 7.11 Å². The van der Waals surface area contributed by atoms with Crippen molar-refractivity contribution in [3.05, 3.63) is 78.3 Å². The number of methoxy groups -OCH3 is 1. The van der Waals surface area contributed by atoms with Crippen LogP contribution in [0.4, 0.5) is 13.2 Å². The van der Waals surface area contributed by atoms with Gasteiger partial charge in [-0.05, 0) is 36.8 Å². The number of carbonyl (C=O) groups excluding carboxylic acids is 1. The summed E-state index contributed by atoms with van der Waals surface area (Å²) in [6, 6.07) is 6.20. The highest BCUT2D eigenvalue weighted by atomic mass is 19.3. The van der Waals surface area contributed by atoms with E-state index in [-0.39, 0.29) is 16.9 Å². The third-order valence-electron chi connectivity index (χ3n) is 4.89. The van der Waals surface area contributed by atoms with Crippen molar-refractivity contribution >= 4 is 5.91 Å². The van der Waals surface area contributed by atoms with Gasteiger partial charge in [0.1, 0.15) is 17.3 Å². The van der Waals surface area contributed by atoms with Gasteiger partial charge in [0.2, 0.25) is 0 Å². The maximum absolute atomic E-state index is 14.6. The summed E-state index contributed by atoms with van der Waals surface area (Å²) in [4.78, 5) is 16.3. The molecular weight excluding hydrogens is 437 g/mol. The lowest BCUT2D eigenvalue weighted by atomic mass is 10.1. The minimum Gasteiger partial charge on any atom is -0.495 e. The maximum atomic E-state index is 14.6. The summed E-state index contributed by atoms with van der Waals surface area (Å²) in [5.41, 5.74) is 2.61. The summed E-state index contributed by atoms with van der Waals surface area (Å²) in [6.07, 6.45) is 4.43. The third-order valence-corrected chi connectivity index (χ3v) is 4.89. The number of nitrogens with zero attached hydrogens (tertiary/aromatic N) is 5. The average molecular weight is 456 g/mol. The smallest absolute Gasteiger partial charge is 0.423 e. The number of aryl methyl sites for hydroxylation is 1. The molecule has 2 aromatic heterocycles. The fourth-order valence-corrected chi connectivity index (χ4v) is 3.13. The zero-order valence-corrected chi connectivity index (χ0v) is 17.7. The Morgan fingerprint density at radius 3 is 2.58 bits per heavy atom. The molecule has 1 N–H and O–H groups in total. The number of hydrogen-bond acceptors (Lipinski definition) is 5. The van der Waals surface area contributed by atoms with E-state index in [0.29, 0.717) is 22.6 Å². The first-order valence-corrected chi connectivity index (χ1v) is 9.80. The van der Waals surface area contributed by atoms with Gasteiger partial charge >= 0.3 is 12.0 Å². The van der Waals surface area contributed by atoms with Gasteiger partial charge in [-0.1, -0.05) is 23.4 Å². The van der Waals surface area contributed by atoms with E-state index in [0.717, 1.165) is 11.9 Å². The van der Waals surface area contributed by atoms with Gasteiger partial charge in [-0.2, -0.15) is 13.5 Å². The van der Waals surface area contributed by atoms with Gasteiger partial charge in [-0.15, -0.1) is 5.10 Å². The molecule has 0 bridgehead atoms. The van der Waals surface area contributed by atoms with E-state index < -0.39 is 17.8 Å². The molecule has 0 aliphatic rings. The van der Waals surface area contributed by atoms with E-state index in [1.165, 1.54) is 31.4 Å². The number of halogens is 3. The van der Waals surface area contributed by atoms with Gasteiger partial charge in [-0.3, -0.25) is 4.79 Å². The number of rotatable bonds is 7. The molecule has 0 aliphatic carbocycles.